The van der Waals surface area contributed by atoms with Gasteiger partial charge in [-0.3, -0.25) is 0 Å². The molecular formula is C3H9NO2. The van der Waals surface area contributed by atoms with Crippen LogP contribution < -0.4 is 6.15 Å². The number of carbonyl (C=O) groups is 2. The fraction of sp³-hybridized carbons (Fsp3) is 0.333. The minimum atomic E-state index is 0. The molecule has 0 rings (SSSR count). The molecule has 0 fully saturated rings. The minimum absolute atomic E-state index is 0. The van der Waals surface area contributed by atoms with E-state index in [1.165, 1.54) is 6.92 Å². The Bertz CT molecular complexity index is 22.8. The van der Waals surface area contributed by atoms with Gasteiger partial charge in [-0.1, -0.05) is 0 Å². The first kappa shape index (κ1) is 18.5. The van der Waals surface area contributed by atoms with E-state index < -0.39 is 0 Å². The lowest BCUT2D eigenvalue weighted by atomic mass is 11.0. The lowest BCUT2D eigenvalue weighted by Crippen LogP contribution is -1.36. The summed E-state index contributed by atoms with van der Waals surface area (Å²) in [6.07, 6.45) is 0.750. The molecule has 0 aliphatic carbocycles. The summed E-state index contributed by atoms with van der Waals surface area (Å²) in [6.45, 7) is 3.44. The van der Waals surface area contributed by atoms with Gasteiger partial charge in [-0.15, -0.1) is 0 Å². The van der Waals surface area contributed by atoms with E-state index in [0.717, 1.165) is 6.29 Å². The van der Waals surface area contributed by atoms with E-state index in [1.807, 2.05) is 6.79 Å². The van der Waals surface area contributed by atoms with E-state index in [2.05, 4.69) is 0 Å². The number of aldehydes is 1. The van der Waals surface area contributed by atoms with Crippen LogP contribution in [-0.2, 0) is 9.59 Å². The number of carbonyl (C=O) groups excluding carboxylic acids is 2. The third kappa shape index (κ3) is 35.6. The van der Waals surface area contributed by atoms with Crippen LogP contribution in [0, 0.1) is 0 Å². The van der Waals surface area contributed by atoms with Gasteiger partial charge in [0, 0.05) is 0 Å². The lowest BCUT2D eigenvalue weighted by molar-refractivity contribution is -0.106. The van der Waals surface area contributed by atoms with E-state index in [9.17, 15) is 0 Å². The van der Waals surface area contributed by atoms with Crippen LogP contribution in [0.2, 0.25) is 0 Å². The zero-order valence-corrected chi connectivity index (χ0v) is 3.81. The van der Waals surface area contributed by atoms with Crippen molar-refractivity contribution in [1.82, 2.24) is 6.15 Å². The van der Waals surface area contributed by atoms with Crippen molar-refractivity contribution in [3.8, 4) is 0 Å². The number of hydrogen-bond acceptors (Lipinski definition) is 3. The van der Waals surface area contributed by atoms with Crippen molar-refractivity contribution in [3.05, 3.63) is 0 Å². The van der Waals surface area contributed by atoms with Crippen molar-refractivity contribution in [3.63, 3.8) is 0 Å². The molecule has 0 amide bonds. The summed E-state index contributed by atoms with van der Waals surface area (Å²) >= 11 is 0. The first-order chi connectivity index (χ1) is 2.41. The van der Waals surface area contributed by atoms with Crippen molar-refractivity contribution in [2.24, 2.45) is 0 Å². The molecule has 0 aromatic heterocycles. The molecule has 0 aromatic rings. The Kier molecular flexibility index (Phi) is 1610. The van der Waals surface area contributed by atoms with Crippen LogP contribution in [0.15, 0.2) is 0 Å². The van der Waals surface area contributed by atoms with E-state index in [-0.39, 0.29) is 6.15 Å². The topological polar surface area (TPSA) is 69.1 Å². The maximum absolute atomic E-state index is 8.81. The Morgan fingerprint density at radius 1 is 1.50 bits per heavy atom. The van der Waals surface area contributed by atoms with Crippen molar-refractivity contribution < 1.29 is 9.59 Å². The third-order valence-corrected chi connectivity index (χ3v) is 0. The maximum atomic E-state index is 8.81. The lowest BCUT2D eigenvalue weighted by Gasteiger charge is -1.23. The standard InChI is InChI=1S/C2H4O.CH2O.H3N/c1-2-3;1-2;/h2H,1H3;1H2;1H3. The molecule has 3 heteroatoms. The van der Waals surface area contributed by atoms with Crippen molar-refractivity contribution in [1.29, 1.82) is 0 Å². The second-order valence-electron chi connectivity index (χ2n) is 0.236. The van der Waals surface area contributed by atoms with Gasteiger partial charge in [-0.05, 0) is 6.92 Å². The normalized spacial score (nSPS) is 2.83. The first-order valence-corrected chi connectivity index (χ1v) is 1.10. The number of rotatable bonds is 0. The highest BCUT2D eigenvalue weighted by molar-refractivity contribution is 5.44. The molecule has 0 spiro atoms. The van der Waals surface area contributed by atoms with Gasteiger partial charge >= 0.3 is 0 Å². The molecule has 3 nitrogen and oxygen atoms in total. The largest absolute Gasteiger partial charge is 0.344 e. The molecule has 0 atom stereocenters. The van der Waals surface area contributed by atoms with Gasteiger partial charge in [0.1, 0.15) is 13.1 Å². The van der Waals surface area contributed by atoms with E-state index >= 15 is 0 Å². The molecule has 0 saturated heterocycles. The summed E-state index contributed by atoms with van der Waals surface area (Å²) in [4.78, 5) is 16.8. The average Bonchev–Trinajstić information content (AvgIpc) is 1.46. The minimum Gasteiger partial charge on any atom is -0.344 e. The van der Waals surface area contributed by atoms with E-state index in [0.29, 0.717) is 0 Å². The van der Waals surface area contributed by atoms with Gasteiger partial charge in [0.15, 0.2) is 0 Å². The van der Waals surface area contributed by atoms with Gasteiger partial charge in [-0.2, -0.15) is 0 Å². The Balaban J connectivity index is -0.0000000275. The van der Waals surface area contributed by atoms with Crippen LogP contribution in [0.1, 0.15) is 6.92 Å². The molecule has 38 valence electrons. The summed E-state index contributed by atoms with van der Waals surface area (Å²) in [6, 6.07) is 0. The molecular weight excluding hydrogens is 82.0 g/mol. The predicted octanol–water partition coefficient (Wildman–Crippen LogP) is 0.182. The molecule has 0 aliphatic heterocycles. The van der Waals surface area contributed by atoms with Crippen LogP contribution in [-0.4, -0.2) is 13.1 Å². The van der Waals surface area contributed by atoms with Gasteiger partial charge < -0.3 is 15.7 Å². The fourth-order valence-corrected chi connectivity index (χ4v) is 0. The summed E-state index contributed by atoms with van der Waals surface area (Å²) < 4.78 is 0. The van der Waals surface area contributed by atoms with Crippen LogP contribution in [0.4, 0.5) is 0 Å². The van der Waals surface area contributed by atoms with Gasteiger partial charge in [0.2, 0.25) is 0 Å². The molecule has 3 N–H and O–H groups in total. The van der Waals surface area contributed by atoms with Crippen molar-refractivity contribution in [2.75, 3.05) is 0 Å². The highest BCUT2D eigenvalue weighted by Crippen LogP contribution is 1.13. The van der Waals surface area contributed by atoms with E-state index in [4.69, 9.17) is 9.59 Å². The fourth-order valence-electron chi connectivity index (χ4n) is 0. The summed E-state index contributed by atoms with van der Waals surface area (Å²) in [5.74, 6) is 0. The Morgan fingerprint density at radius 2 is 1.50 bits per heavy atom. The van der Waals surface area contributed by atoms with Gasteiger partial charge in [0.05, 0.1) is 0 Å². The molecule has 0 heterocycles. The molecule has 0 saturated carbocycles. The van der Waals surface area contributed by atoms with Crippen molar-refractivity contribution in [2.45, 2.75) is 6.92 Å². The third-order valence-electron chi connectivity index (χ3n) is 0. The molecule has 0 aromatic carbocycles. The summed E-state index contributed by atoms with van der Waals surface area (Å²) in [7, 11) is 0. The average molecular weight is 91.1 g/mol. The zero-order valence-electron chi connectivity index (χ0n) is 3.81. The zero-order chi connectivity index (χ0) is 4.71. The van der Waals surface area contributed by atoms with Gasteiger partial charge in [-0.25, -0.2) is 0 Å². The van der Waals surface area contributed by atoms with Crippen LogP contribution >= 0.6 is 0 Å². The monoisotopic (exact) mass is 91.1 g/mol. The number of hydrogen-bond donors (Lipinski definition) is 1. The summed E-state index contributed by atoms with van der Waals surface area (Å²) in [5.41, 5.74) is 0. The van der Waals surface area contributed by atoms with Gasteiger partial charge in [0.25, 0.3) is 0 Å². The van der Waals surface area contributed by atoms with Crippen LogP contribution in [0.5, 0.6) is 0 Å². The Labute approximate surface area is 36.9 Å². The highest BCUT2D eigenvalue weighted by Gasteiger charge is 1.24. The highest BCUT2D eigenvalue weighted by atomic mass is 16.1. The smallest absolute Gasteiger partial charge is 0.116 e. The van der Waals surface area contributed by atoms with E-state index in [1.54, 1.807) is 0 Å². The second kappa shape index (κ2) is 520. The molecule has 0 bridgehead atoms. The van der Waals surface area contributed by atoms with Crippen LogP contribution in [0.3, 0.4) is 0 Å². The molecule has 6 heavy (non-hydrogen) atoms. The molecule has 0 radical (unpaired) electrons. The second-order valence-corrected chi connectivity index (χ2v) is 0.236. The predicted molar refractivity (Wildman–Crippen MR) is 23.9 cm³/mol. The quantitative estimate of drug-likeness (QED) is 0.432. The Hall–Kier alpha value is -0.700. The summed E-state index contributed by atoms with van der Waals surface area (Å²) in [5, 5.41) is 0. The maximum Gasteiger partial charge on any atom is 0.116 e. The Morgan fingerprint density at radius 3 is 1.50 bits per heavy atom. The molecule has 0 unspecified atom stereocenters. The van der Waals surface area contributed by atoms with Crippen LogP contribution in [0.25, 0.3) is 0 Å². The molecule has 0 aliphatic rings. The van der Waals surface area contributed by atoms with Crippen molar-refractivity contribution >= 4 is 13.1 Å². The SMILES string of the molecule is C=O.CC=O.N. The first-order valence-electron chi connectivity index (χ1n) is 1.10.